The molecule has 4 nitrogen and oxygen atoms in total. The van der Waals surface area contributed by atoms with Crippen molar-refractivity contribution in [2.24, 2.45) is 4.99 Å². The van der Waals surface area contributed by atoms with Gasteiger partial charge in [0.2, 0.25) is 0 Å². The SMILES string of the molecule is CCCNC(=NC)NCCc1c[nH]c2cccc(C)c12. The highest BCUT2D eigenvalue weighted by atomic mass is 15.2. The van der Waals surface area contributed by atoms with Crippen LogP contribution in [0.15, 0.2) is 29.4 Å². The van der Waals surface area contributed by atoms with E-state index in [1.807, 2.05) is 0 Å². The van der Waals surface area contributed by atoms with E-state index in [4.69, 9.17) is 0 Å². The van der Waals surface area contributed by atoms with E-state index in [1.165, 1.54) is 22.0 Å². The topological polar surface area (TPSA) is 52.2 Å². The van der Waals surface area contributed by atoms with E-state index in [-0.39, 0.29) is 0 Å². The van der Waals surface area contributed by atoms with Crippen LogP contribution in [0.5, 0.6) is 0 Å². The number of hydrogen-bond donors (Lipinski definition) is 3. The van der Waals surface area contributed by atoms with Gasteiger partial charge in [-0.05, 0) is 37.0 Å². The first-order chi connectivity index (χ1) is 9.76. The van der Waals surface area contributed by atoms with E-state index >= 15 is 0 Å². The predicted octanol–water partition coefficient (Wildman–Crippen LogP) is 2.59. The molecule has 0 aliphatic heterocycles. The maximum atomic E-state index is 4.21. The fraction of sp³-hybridized carbons (Fsp3) is 0.438. The Balaban J connectivity index is 1.96. The van der Waals surface area contributed by atoms with Crippen molar-refractivity contribution < 1.29 is 0 Å². The quantitative estimate of drug-likeness (QED) is 0.579. The van der Waals surface area contributed by atoms with Gasteiger partial charge in [0.1, 0.15) is 0 Å². The normalized spacial score (nSPS) is 11.8. The molecule has 0 radical (unpaired) electrons. The van der Waals surface area contributed by atoms with E-state index in [0.717, 1.165) is 31.9 Å². The molecule has 0 amide bonds. The van der Waals surface area contributed by atoms with Crippen molar-refractivity contribution in [3.05, 3.63) is 35.5 Å². The molecule has 0 fully saturated rings. The average molecular weight is 272 g/mol. The molecule has 0 aliphatic rings. The second kappa shape index (κ2) is 6.98. The summed E-state index contributed by atoms with van der Waals surface area (Å²) in [6.07, 6.45) is 4.20. The molecule has 4 heteroatoms. The summed E-state index contributed by atoms with van der Waals surface area (Å²) in [7, 11) is 1.81. The van der Waals surface area contributed by atoms with Crippen molar-refractivity contribution in [3.63, 3.8) is 0 Å². The number of nitrogens with zero attached hydrogens (tertiary/aromatic N) is 1. The van der Waals surface area contributed by atoms with Crippen molar-refractivity contribution in [3.8, 4) is 0 Å². The van der Waals surface area contributed by atoms with Crippen LogP contribution in [-0.4, -0.2) is 31.1 Å². The molecule has 1 aromatic heterocycles. The first-order valence-corrected chi connectivity index (χ1v) is 7.26. The standard InChI is InChI=1S/C16H24N4/c1-4-9-18-16(17-3)19-10-8-13-11-20-14-7-5-6-12(2)15(13)14/h5-7,11,20H,4,8-10H2,1-3H3,(H2,17,18,19). The van der Waals surface area contributed by atoms with Gasteiger partial charge in [0, 0.05) is 37.2 Å². The Kier molecular flexibility index (Phi) is 5.04. The molecule has 2 rings (SSSR count). The molecular weight excluding hydrogens is 248 g/mol. The van der Waals surface area contributed by atoms with Gasteiger partial charge in [-0.15, -0.1) is 0 Å². The smallest absolute Gasteiger partial charge is 0.190 e. The fourth-order valence-electron chi connectivity index (χ4n) is 2.43. The van der Waals surface area contributed by atoms with Crippen LogP contribution in [0.25, 0.3) is 10.9 Å². The number of aryl methyl sites for hydroxylation is 1. The summed E-state index contributed by atoms with van der Waals surface area (Å²) < 4.78 is 0. The van der Waals surface area contributed by atoms with E-state index in [9.17, 15) is 0 Å². The van der Waals surface area contributed by atoms with E-state index < -0.39 is 0 Å². The van der Waals surface area contributed by atoms with E-state index in [0.29, 0.717) is 0 Å². The lowest BCUT2D eigenvalue weighted by atomic mass is 10.1. The first-order valence-electron chi connectivity index (χ1n) is 7.26. The minimum absolute atomic E-state index is 0.878. The monoisotopic (exact) mass is 272 g/mol. The van der Waals surface area contributed by atoms with Crippen molar-refractivity contribution >= 4 is 16.9 Å². The fourth-order valence-corrected chi connectivity index (χ4v) is 2.43. The zero-order chi connectivity index (χ0) is 14.4. The van der Waals surface area contributed by atoms with E-state index in [2.05, 4.69) is 58.9 Å². The minimum atomic E-state index is 0.878. The molecule has 0 spiro atoms. The molecule has 3 N–H and O–H groups in total. The number of fused-ring (bicyclic) bond motifs is 1. The Morgan fingerprint density at radius 3 is 2.80 bits per heavy atom. The number of nitrogens with one attached hydrogen (secondary N) is 3. The van der Waals surface area contributed by atoms with Gasteiger partial charge in [0.05, 0.1) is 0 Å². The van der Waals surface area contributed by atoms with Gasteiger partial charge < -0.3 is 15.6 Å². The van der Waals surface area contributed by atoms with Crippen LogP contribution in [0.3, 0.4) is 0 Å². The van der Waals surface area contributed by atoms with Crippen molar-refractivity contribution in [2.75, 3.05) is 20.1 Å². The number of guanidine groups is 1. The Labute approximate surface area is 120 Å². The molecule has 0 unspecified atom stereocenters. The lowest BCUT2D eigenvalue weighted by Gasteiger charge is -2.10. The lowest BCUT2D eigenvalue weighted by molar-refractivity contribution is 0.775. The van der Waals surface area contributed by atoms with Crippen molar-refractivity contribution in [2.45, 2.75) is 26.7 Å². The van der Waals surface area contributed by atoms with Crippen LogP contribution in [-0.2, 0) is 6.42 Å². The highest BCUT2D eigenvalue weighted by molar-refractivity contribution is 5.86. The number of rotatable bonds is 5. The summed E-state index contributed by atoms with van der Waals surface area (Å²) in [6, 6.07) is 6.38. The highest BCUT2D eigenvalue weighted by Crippen LogP contribution is 2.22. The number of aliphatic imine (C=N–C) groups is 1. The highest BCUT2D eigenvalue weighted by Gasteiger charge is 2.06. The average Bonchev–Trinajstić information content (AvgIpc) is 2.87. The molecule has 1 aromatic carbocycles. The zero-order valence-electron chi connectivity index (χ0n) is 12.6. The Morgan fingerprint density at radius 2 is 2.05 bits per heavy atom. The maximum absolute atomic E-state index is 4.21. The van der Waals surface area contributed by atoms with Gasteiger partial charge in [-0.3, -0.25) is 4.99 Å². The summed E-state index contributed by atoms with van der Waals surface area (Å²) in [5.41, 5.74) is 3.90. The molecule has 0 saturated heterocycles. The third kappa shape index (κ3) is 3.32. The van der Waals surface area contributed by atoms with Gasteiger partial charge in [0.15, 0.2) is 5.96 Å². The third-order valence-electron chi connectivity index (χ3n) is 3.45. The Bertz CT molecular complexity index is 583. The maximum Gasteiger partial charge on any atom is 0.190 e. The number of aromatic amines is 1. The number of H-pyrrole nitrogens is 1. The molecule has 0 saturated carbocycles. The zero-order valence-corrected chi connectivity index (χ0v) is 12.6. The summed E-state index contributed by atoms with van der Waals surface area (Å²) in [5, 5.41) is 7.98. The van der Waals surface area contributed by atoms with Gasteiger partial charge >= 0.3 is 0 Å². The summed E-state index contributed by atoms with van der Waals surface area (Å²) >= 11 is 0. The van der Waals surface area contributed by atoms with Crippen LogP contribution >= 0.6 is 0 Å². The van der Waals surface area contributed by atoms with Gasteiger partial charge in [-0.1, -0.05) is 19.1 Å². The van der Waals surface area contributed by atoms with Gasteiger partial charge in [0.25, 0.3) is 0 Å². The van der Waals surface area contributed by atoms with Crippen LogP contribution < -0.4 is 10.6 Å². The van der Waals surface area contributed by atoms with Crippen LogP contribution in [0.2, 0.25) is 0 Å². The van der Waals surface area contributed by atoms with Crippen LogP contribution in [0, 0.1) is 6.92 Å². The van der Waals surface area contributed by atoms with Crippen LogP contribution in [0.1, 0.15) is 24.5 Å². The van der Waals surface area contributed by atoms with Crippen molar-refractivity contribution in [1.82, 2.24) is 15.6 Å². The van der Waals surface area contributed by atoms with Gasteiger partial charge in [-0.2, -0.15) is 0 Å². The number of aromatic nitrogens is 1. The summed E-state index contributed by atoms with van der Waals surface area (Å²) in [6.45, 7) is 6.14. The molecule has 0 bridgehead atoms. The predicted molar refractivity (Wildman–Crippen MR) is 86.4 cm³/mol. The third-order valence-corrected chi connectivity index (χ3v) is 3.45. The van der Waals surface area contributed by atoms with Crippen molar-refractivity contribution in [1.29, 1.82) is 0 Å². The molecule has 108 valence electrons. The van der Waals surface area contributed by atoms with Crippen LogP contribution in [0.4, 0.5) is 0 Å². The number of hydrogen-bond acceptors (Lipinski definition) is 1. The Morgan fingerprint density at radius 1 is 1.25 bits per heavy atom. The summed E-state index contributed by atoms with van der Waals surface area (Å²) in [4.78, 5) is 7.55. The second-order valence-electron chi connectivity index (χ2n) is 4.99. The molecule has 2 aromatic rings. The lowest BCUT2D eigenvalue weighted by Crippen LogP contribution is -2.38. The molecule has 20 heavy (non-hydrogen) atoms. The van der Waals surface area contributed by atoms with E-state index in [1.54, 1.807) is 7.05 Å². The first kappa shape index (κ1) is 14.4. The molecule has 0 aliphatic carbocycles. The Hall–Kier alpha value is -1.97. The number of benzene rings is 1. The second-order valence-corrected chi connectivity index (χ2v) is 4.99. The molecular formula is C16H24N4. The minimum Gasteiger partial charge on any atom is -0.361 e. The molecule has 0 atom stereocenters. The molecule has 1 heterocycles. The van der Waals surface area contributed by atoms with Gasteiger partial charge in [-0.25, -0.2) is 0 Å². The largest absolute Gasteiger partial charge is 0.361 e. The summed E-state index contributed by atoms with van der Waals surface area (Å²) in [5.74, 6) is 0.878.